The summed E-state index contributed by atoms with van der Waals surface area (Å²) >= 11 is 0. The zero-order chi connectivity index (χ0) is 10.5. The summed E-state index contributed by atoms with van der Waals surface area (Å²) in [6.45, 7) is 14.7. The molecule has 0 saturated heterocycles. The number of hydrogen-bond donors (Lipinski definition) is 0. The van der Waals surface area contributed by atoms with Gasteiger partial charge in [-0.3, -0.25) is 0 Å². The van der Waals surface area contributed by atoms with E-state index in [1.54, 1.807) is 6.08 Å². The molecule has 0 aliphatic heterocycles. The van der Waals surface area contributed by atoms with E-state index in [0.717, 1.165) is 12.2 Å². The lowest BCUT2D eigenvalue weighted by Gasteiger charge is -2.20. The van der Waals surface area contributed by atoms with E-state index >= 15 is 0 Å². The maximum absolute atomic E-state index is 5.82. The van der Waals surface area contributed by atoms with Crippen molar-refractivity contribution >= 4 is 8.32 Å². The van der Waals surface area contributed by atoms with Gasteiger partial charge < -0.3 is 4.43 Å². The third-order valence-corrected chi connectivity index (χ3v) is 2.26. The first-order valence-electron chi connectivity index (χ1n) is 4.87. The SMILES string of the molecule is C=C/C(=C/CC(C)C)O[Si](C)(C)C. The highest BCUT2D eigenvalue weighted by atomic mass is 28.4. The van der Waals surface area contributed by atoms with Crippen LogP contribution >= 0.6 is 0 Å². The second-order valence-electron chi connectivity index (χ2n) is 4.65. The van der Waals surface area contributed by atoms with Crippen LogP contribution in [0.1, 0.15) is 20.3 Å². The fraction of sp³-hybridized carbons (Fsp3) is 0.636. The predicted octanol–water partition coefficient (Wildman–Crippen LogP) is 3.95. The van der Waals surface area contributed by atoms with Crippen LogP contribution in [-0.2, 0) is 4.43 Å². The molecule has 0 heterocycles. The molecule has 1 nitrogen and oxygen atoms in total. The van der Waals surface area contributed by atoms with Crippen molar-refractivity contribution in [2.24, 2.45) is 5.92 Å². The third-order valence-electron chi connectivity index (χ3n) is 1.42. The summed E-state index contributed by atoms with van der Waals surface area (Å²) in [4.78, 5) is 0. The van der Waals surface area contributed by atoms with Crippen molar-refractivity contribution in [3.05, 3.63) is 24.5 Å². The van der Waals surface area contributed by atoms with Crippen LogP contribution in [0.15, 0.2) is 24.5 Å². The Morgan fingerprint density at radius 3 is 2.23 bits per heavy atom. The van der Waals surface area contributed by atoms with Crippen LogP contribution in [0.4, 0.5) is 0 Å². The Morgan fingerprint density at radius 2 is 1.92 bits per heavy atom. The molecule has 0 rings (SSSR count). The Morgan fingerprint density at radius 1 is 1.38 bits per heavy atom. The summed E-state index contributed by atoms with van der Waals surface area (Å²) in [5, 5.41) is 0. The minimum Gasteiger partial charge on any atom is -0.545 e. The lowest BCUT2D eigenvalue weighted by atomic mass is 10.1. The molecule has 13 heavy (non-hydrogen) atoms. The molecule has 0 aliphatic rings. The number of rotatable bonds is 5. The topological polar surface area (TPSA) is 9.23 Å². The second kappa shape index (κ2) is 5.27. The van der Waals surface area contributed by atoms with Gasteiger partial charge in [-0.25, -0.2) is 0 Å². The fourth-order valence-corrected chi connectivity index (χ4v) is 1.75. The number of hydrogen-bond acceptors (Lipinski definition) is 1. The summed E-state index contributed by atoms with van der Waals surface area (Å²) in [7, 11) is -1.45. The van der Waals surface area contributed by atoms with Gasteiger partial charge in [-0.05, 0) is 44.1 Å². The Bertz CT molecular complexity index is 187. The summed E-state index contributed by atoms with van der Waals surface area (Å²) in [5.41, 5.74) is 0. The lowest BCUT2D eigenvalue weighted by Crippen LogP contribution is -2.24. The van der Waals surface area contributed by atoms with Gasteiger partial charge in [0, 0.05) is 0 Å². The maximum atomic E-state index is 5.82. The van der Waals surface area contributed by atoms with Gasteiger partial charge in [0.1, 0.15) is 0 Å². The highest BCUT2D eigenvalue weighted by molar-refractivity contribution is 6.70. The van der Waals surface area contributed by atoms with Crippen molar-refractivity contribution in [1.29, 1.82) is 0 Å². The van der Waals surface area contributed by atoms with E-state index in [-0.39, 0.29) is 0 Å². The molecule has 0 aromatic rings. The van der Waals surface area contributed by atoms with Gasteiger partial charge in [-0.1, -0.05) is 20.4 Å². The van der Waals surface area contributed by atoms with E-state index in [1.807, 2.05) is 0 Å². The van der Waals surface area contributed by atoms with Crippen molar-refractivity contribution in [2.45, 2.75) is 39.9 Å². The Hall–Kier alpha value is -0.503. The van der Waals surface area contributed by atoms with Crippen molar-refractivity contribution in [3.63, 3.8) is 0 Å². The molecule has 0 N–H and O–H groups in total. The molecule has 0 atom stereocenters. The van der Waals surface area contributed by atoms with Crippen molar-refractivity contribution in [2.75, 3.05) is 0 Å². The average molecular weight is 198 g/mol. The van der Waals surface area contributed by atoms with Crippen LogP contribution in [0, 0.1) is 5.92 Å². The first-order valence-corrected chi connectivity index (χ1v) is 8.27. The molecule has 0 saturated carbocycles. The molecule has 2 heteroatoms. The molecule has 76 valence electrons. The summed E-state index contributed by atoms with van der Waals surface area (Å²) in [5.74, 6) is 1.63. The Balaban J connectivity index is 4.18. The second-order valence-corrected chi connectivity index (χ2v) is 9.08. The van der Waals surface area contributed by atoms with E-state index in [1.165, 1.54) is 0 Å². The largest absolute Gasteiger partial charge is 0.545 e. The van der Waals surface area contributed by atoms with Gasteiger partial charge in [0.05, 0.1) is 5.76 Å². The smallest absolute Gasteiger partial charge is 0.242 e. The average Bonchev–Trinajstić information content (AvgIpc) is 1.95. The summed E-state index contributed by atoms with van der Waals surface area (Å²) in [6.07, 6.45) is 5.00. The van der Waals surface area contributed by atoms with Gasteiger partial charge >= 0.3 is 0 Å². The minimum atomic E-state index is -1.45. The highest BCUT2D eigenvalue weighted by Gasteiger charge is 2.16. The molecule has 0 radical (unpaired) electrons. The predicted molar refractivity (Wildman–Crippen MR) is 62.2 cm³/mol. The molecular weight excluding hydrogens is 176 g/mol. The van der Waals surface area contributed by atoms with Crippen LogP contribution in [0.5, 0.6) is 0 Å². The summed E-state index contributed by atoms with van der Waals surface area (Å²) in [6, 6.07) is 0. The third kappa shape index (κ3) is 7.84. The normalized spacial score (nSPS) is 13.2. The van der Waals surface area contributed by atoms with Gasteiger partial charge in [-0.15, -0.1) is 0 Å². The van der Waals surface area contributed by atoms with Gasteiger partial charge in [0.2, 0.25) is 8.32 Å². The van der Waals surface area contributed by atoms with E-state index < -0.39 is 8.32 Å². The van der Waals surface area contributed by atoms with Crippen LogP contribution in [-0.4, -0.2) is 8.32 Å². The monoisotopic (exact) mass is 198 g/mol. The molecule has 0 unspecified atom stereocenters. The van der Waals surface area contributed by atoms with Crippen molar-refractivity contribution < 1.29 is 4.43 Å². The standard InChI is InChI=1S/C11H22OSi/c1-7-11(9-8-10(2)3)12-13(4,5)6/h7,9-10H,1,8H2,2-6H3/b11-9-. The van der Waals surface area contributed by atoms with E-state index in [2.05, 4.69) is 46.1 Å². The van der Waals surface area contributed by atoms with E-state index in [9.17, 15) is 0 Å². The first-order chi connectivity index (χ1) is 5.85. The number of allylic oxidation sites excluding steroid dienone is 2. The van der Waals surface area contributed by atoms with Crippen LogP contribution < -0.4 is 0 Å². The quantitative estimate of drug-likeness (QED) is 0.369. The van der Waals surface area contributed by atoms with Crippen LogP contribution in [0.3, 0.4) is 0 Å². The lowest BCUT2D eigenvalue weighted by molar-refractivity contribution is 0.436. The zero-order valence-corrected chi connectivity index (χ0v) is 10.6. The molecular formula is C11H22OSi. The van der Waals surface area contributed by atoms with Gasteiger partial charge in [0.15, 0.2) is 0 Å². The van der Waals surface area contributed by atoms with Crippen molar-refractivity contribution in [3.8, 4) is 0 Å². The van der Waals surface area contributed by atoms with Crippen molar-refractivity contribution in [1.82, 2.24) is 0 Å². The molecule has 0 spiro atoms. The van der Waals surface area contributed by atoms with Gasteiger partial charge in [0.25, 0.3) is 0 Å². The van der Waals surface area contributed by atoms with Gasteiger partial charge in [-0.2, -0.15) is 0 Å². The molecule has 0 aromatic heterocycles. The van der Waals surface area contributed by atoms with Crippen LogP contribution in [0.25, 0.3) is 0 Å². The van der Waals surface area contributed by atoms with E-state index in [4.69, 9.17) is 4.43 Å². The first kappa shape index (κ1) is 12.5. The molecule has 0 fully saturated rings. The fourth-order valence-electron chi connectivity index (χ4n) is 0.872. The van der Waals surface area contributed by atoms with Crippen LogP contribution in [0.2, 0.25) is 19.6 Å². The molecule has 0 bridgehead atoms. The Labute approximate surface area is 83.6 Å². The Kier molecular flexibility index (Phi) is 5.07. The van der Waals surface area contributed by atoms with E-state index in [0.29, 0.717) is 5.92 Å². The minimum absolute atomic E-state index is 0.681. The molecule has 0 amide bonds. The summed E-state index contributed by atoms with van der Waals surface area (Å²) < 4.78 is 5.82. The highest BCUT2D eigenvalue weighted by Crippen LogP contribution is 2.13. The molecule has 0 aliphatic carbocycles. The maximum Gasteiger partial charge on any atom is 0.242 e. The molecule has 0 aromatic carbocycles. The zero-order valence-electron chi connectivity index (χ0n) is 9.55.